The van der Waals surface area contributed by atoms with Crippen molar-refractivity contribution >= 4 is 5.97 Å². The van der Waals surface area contributed by atoms with E-state index in [1.54, 1.807) is 13.0 Å². The van der Waals surface area contributed by atoms with Gasteiger partial charge in [-0.15, -0.1) is 0 Å². The number of carbonyl (C=O) groups is 1. The first-order valence-corrected chi connectivity index (χ1v) is 5.16. The van der Waals surface area contributed by atoms with Gasteiger partial charge in [0.1, 0.15) is 11.8 Å². The van der Waals surface area contributed by atoms with Crippen LogP contribution < -0.4 is 4.74 Å². The highest BCUT2D eigenvalue weighted by Crippen LogP contribution is 2.25. The number of halogens is 2. The summed E-state index contributed by atoms with van der Waals surface area (Å²) in [4.78, 5) is 11.5. The third-order valence-electron chi connectivity index (χ3n) is 2.14. The van der Waals surface area contributed by atoms with E-state index in [0.717, 1.165) is 6.07 Å². The van der Waals surface area contributed by atoms with Crippen LogP contribution in [0.15, 0.2) is 12.1 Å². The molecule has 1 aromatic rings. The molecule has 1 aromatic carbocycles. The van der Waals surface area contributed by atoms with Crippen LogP contribution in [0.5, 0.6) is 5.75 Å². The number of hydrogen-bond acceptors (Lipinski definition) is 4. The summed E-state index contributed by atoms with van der Waals surface area (Å²) in [7, 11) is 0. The summed E-state index contributed by atoms with van der Waals surface area (Å²) in [5.41, 5.74) is 0.422. The smallest absolute Gasteiger partial charge is 0.387 e. The zero-order chi connectivity index (χ0) is 13.7. The molecule has 0 aliphatic heterocycles. The monoisotopic (exact) mass is 255 g/mol. The molecule has 0 aliphatic carbocycles. The number of hydrogen-bond donors (Lipinski definition) is 0. The molecule has 0 aliphatic rings. The highest BCUT2D eigenvalue weighted by Gasteiger charge is 2.17. The van der Waals surface area contributed by atoms with Gasteiger partial charge in [-0.1, -0.05) is 0 Å². The van der Waals surface area contributed by atoms with Crippen molar-refractivity contribution in [3.8, 4) is 11.8 Å². The minimum absolute atomic E-state index is 0.0247. The summed E-state index contributed by atoms with van der Waals surface area (Å²) in [6.07, 6.45) is 0. The minimum Gasteiger partial charge on any atom is -0.462 e. The van der Waals surface area contributed by atoms with Gasteiger partial charge in [-0.3, -0.25) is 0 Å². The maximum absolute atomic E-state index is 12.2. The molecule has 0 N–H and O–H groups in total. The summed E-state index contributed by atoms with van der Waals surface area (Å²) in [6, 6.07) is 4.23. The normalized spacial score (nSPS) is 10.0. The molecule has 18 heavy (non-hydrogen) atoms. The van der Waals surface area contributed by atoms with E-state index in [4.69, 9.17) is 10.00 Å². The Morgan fingerprint density at radius 1 is 1.50 bits per heavy atom. The van der Waals surface area contributed by atoms with Crippen molar-refractivity contribution in [2.75, 3.05) is 6.61 Å². The maximum Gasteiger partial charge on any atom is 0.387 e. The SMILES string of the molecule is CCOC(=O)c1cc(C)c(C#N)c(OC(F)F)c1. The molecule has 0 spiro atoms. The van der Waals surface area contributed by atoms with Crippen molar-refractivity contribution in [3.63, 3.8) is 0 Å². The number of rotatable bonds is 4. The van der Waals surface area contributed by atoms with Crippen molar-refractivity contribution < 1.29 is 23.0 Å². The second-order valence-corrected chi connectivity index (χ2v) is 3.38. The van der Waals surface area contributed by atoms with E-state index in [1.165, 1.54) is 13.0 Å². The first-order chi connectivity index (χ1) is 8.49. The number of nitrogens with zero attached hydrogens (tertiary/aromatic N) is 1. The average Bonchev–Trinajstić information content (AvgIpc) is 2.28. The fourth-order valence-electron chi connectivity index (χ4n) is 1.42. The first kappa shape index (κ1) is 13.9. The summed E-state index contributed by atoms with van der Waals surface area (Å²) in [5, 5.41) is 8.85. The van der Waals surface area contributed by atoms with Crippen molar-refractivity contribution in [1.29, 1.82) is 5.26 Å². The van der Waals surface area contributed by atoms with Crippen LogP contribution >= 0.6 is 0 Å². The van der Waals surface area contributed by atoms with Gasteiger partial charge in [-0.05, 0) is 31.5 Å². The van der Waals surface area contributed by atoms with Crippen LogP contribution in [0.4, 0.5) is 8.78 Å². The predicted octanol–water partition coefficient (Wildman–Crippen LogP) is 2.64. The average molecular weight is 255 g/mol. The zero-order valence-electron chi connectivity index (χ0n) is 9.87. The molecule has 0 amide bonds. The molecule has 0 saturated heterocycles. The Morgan fingerprint density at radius 3 is 2.67 bits per heavy atom. The molecular weight excluding hydrogens is 244 g/mol. The second-order valence-electron chi connectivity index (χ2n) is 3.38. The van der Waals surface area contributed by atoms with Gasteiger partial charge >= 0.3 is 12.6 Å². The van der Waals surface area contributed by atoms with E-state index in [2.05, 4.69) is 4.74 Å². The molecule has 0 fully saturated rings. The largest absolute Gasteiger partial charge is 0.462 e. The molecule has 0 heterocycles. The molecule has 0 bridgehead atoms. The Labute approximate surface area is 103 Å². The molecule has 0 atom stereocenters. The van der Waals surface area contributed by atoms with Crippen molar-refractivity contribution in [2.45, 2.75) is 20.5 Å². The third kappa shape index (κ3) is 3.17. The van der Waals surface area contributed by atoms with Crippen LogP contribution in [0, 0.1) is 18.3 Å². The van der Waals surface area contributed by atoms with Gasteiger partial charge in [0, 0.05) is 0 Å². The van der Waals surface area contributed by atoms with Gasteiger partial charge in [-0.25, -0.2) is 4.79 Å². The van der Waals surface area contributed by atoms with Crippen LogP contribution in [0.3, 0.4) is 0 Å². The van der Waals surface area contributed by atoms with E-state index in [9.17, 15) is 13.6 Å². The number of ether oxygens (including phenoxy) is 2. The first-order valence-electron chi connectivity index (χ1n) is 5.16. The van der Waals surface area contributed by atoms with E-state index in [-0.39, 0.29) is 23.5 Å². The van der Waals surface area contributed by atoms with Crippen LogP contribution in [-0.2, 0) is 4.74 Å². The number of esters is 1. The predicted molar refractivity (Wildman–Crippen MR) is 58.5 cm³/mol. The summed E-state index contributed by atoms with van der Waals surface area (Å²) < 4.78 is 33.4. The lowest BCUT2D eigenvalue weighted by Crippen LogP contribution is -2.09. The molecular formula is C12H11F2NO3. The second kappa shape index (κ2) is 5.96. The Kier molecular flexibility index (Phi) is 4.60. The lowest BCUT2D eigenvalue weighted by Gasteiger charge is -2.10. The van der Waals surface area contributed by atoms with E-state index < -0.39 is 12.6 Å². The number of alkyl halides is 2. The number of aryl methyl sites for hydroxylation is 1. The third-order valence-corrected chi connectivity index (χ3v) is 2.14. The van der Waals surface area contributed by atoms with Crippen molar-refractivity contribution in [2.24, 2.45) is 0 Å². The lowest BCUT2D eigenvalue weighted by atomic mass is 10.0. The lowest BCUT2D eigenvalue weighted by molar-refractivity contribution is -0.0501. The Morgan fingerprint density at radius 2 is 2.17 bits per heavy atom. The highest BCUT2D eigenvalue weighted by molar-refractivity contribution is 5.90. The zero-order valence-corrected chi connectivity index (χ0v) is 9.87. The molecule has 0 radical (unpaired) electrons. The van der Waals surface area contributed by atoms with Gasteiger partial charge < -0.3 is 9.47 Å². The van der Waals surface area contributed by atoms with Crippen LogP contribution in [0.25, 0.3) is 0 Å². The Bertz CT molecular complexity index is 495. The van der Waals surface area contributed by atoms with Gasteiger partial charge in [0.25, 0.3) is 0 Å². The highest BCUT2D eigenvalue weighted by atomic mass is 19.3. The molecule has 96 valence electrons. The quantitative estimate of drug-likeness (QED) is 0.776. The molecule has 0 saturated carbocycles. The molecule has 4 nitrogen and oxygen atoms in total. The fraction of sp³-hybridized carbons (Fsp3) is 0.333. The van der Waals surface area contributed by atoms with E-state index >= 15 is 0 Å². The standard InChI is InChI=1S/C12H11F2NO3/c1-3-17-11(16)8-4-7(2)9(6-15)10(5-8)18-12(13)14/h4-5,12H,3H2,1-2H3. The molecule has 1 rings (SSSR count). The molecule has 6 heteroatoms. The van der Waals surface area contributed by atoms with Gasteiger partial charge in [0.05, 0.1) is 17.7 Å². The van der Waals surface area contributed by atoms with Gasteiger partial charge in [-0.2, -0.15) is 14.0 Å². The number of benzene rings is 1. The van der Waals surface area contributed by atoms with Gasteiger partial charge in [0.2, 0.25) is 0 Å². The van der Waals surface area contributed by atoms with Crippen molar-refractivity contribution in [3.05, 3.63) is 28.8 Å². The van der Waals surface area contributed by atoms with Crippen LogP contribution in [0.1, 0.15) is 28.4 Å². The minimum atomic E-state index is -3.06. The fourth-order valence-corrected chi connectivity index (χ4v) is 1.42. The topological polar surface area (TPSA) is 59.3 Å². The number of carbonyl (C=O) groups excluding carboxylic acids is 1. The van der Waals surface area contributed by atoms with Crippen molar-refractivity contribution in [1.82, 2.24) is 0 Å². The van der Waals surface area contributed by atoms with Gasteiger partial charge in [0.15, 0.2) is 0 Å². The van der Waals surface area contributed by atoms with E-state index in [0.29, 0.717) is 5.56 Å². The molecule has 0 unspecified atom stereocenters. The van der Waals surface area contributed by atoms with Crippen LogP contribution in [-0.4, -0.2) is 19.2 Å². The Hall–Kier alpha value is -2.16. The molecule has 0 aromatic heterocycles. The van der Waals surface area contributed by atoms with E-state index in [1.807, 2.05) is 0 Å². The summed E-state index contributed by atoms with van der Waals surface area (Å²) in [6.45, 7) is 0.266. The number of nitriles is 1. The Balaban J connectivity index is 3.22. The summed E-state index contributed by atoms with van der Waals surface area (Å²) in [5.74, 6) is -0.972. The van der Waals surface area contributed by atoms with Crippen LogP contribution in [0.2, 0.25) is 0 Å². The summed E-state index contributed by atoms with van der Waals surface area (Å²) >= 11 is 0. The maximum atomic E-state index is 12.2.